The molecule has 0 atom stereocenters. The molecule has 0 N–H and O–H groups in total. The van der Waals surface area contributed by atoms with Gasteiger partial charge < -0.3 is 4.90 Å². The van der Waals surface area contributed by atoms with Crippen molar-refractivity contribution in [2.45, 2.75) is 20.6 Å². The molecule has 0 aliphatic carbocycles. The lowest BCUT2D eigenvalue weighted by molar-refractivity contribution is 0.857. The Kier molecular flexibility index (Phi) is 0.806. The second-order valence-electron chi connectivity index (χ2n) is 1.68. The maximum absolute atomic E-state index is 7.79. The van der Waals surface area contributed by atoms with Crippen LogP contribution in [0.5, 0.6) is 0 Å². The highest BCUT2D eigenvalue weighted by Crippen LogP contribution is 2.29. The van der Waals surface area contributed by atoms with Gasteiger partial charge in [-0.2, -0.15) is 0 Å². The summed E-state index contributed by atoms with van der Waals surface area (Å²) >= 11 is 3.33. The molecule has 68 valence electrons. The van der Waals surface area contributed by atoms with E-state index in [0.29, 0.717) is 11.3 Å². The van der Waals surface area contributed by atoms with Crippen molar-refractivity contribution < 1.29 is 17.8 Å². The molecule has 0 aliphatic rings. The highest BCUT2D eigenvalue weighted by molar-refractivity contribution is 9.11. The summed E-state index contributed by atoms with van der Waals surface area (Å²) in [7, 11) is 0. The second-order valence-corrected chi connectivity index (χ2v) is 3.97. The Morgan fingerprint density at radius 2 is 2.42 bits per heavy atom. The molecular weight excluding hydrogens is 236 g/mol. The van der Waals surface area contributed by atoms with Crippen molar-refractivity contribution in [3.63, 3.8) is 0 Å². The quantitative estimate of drug-likeness (QED) is 0.832. The van der Waals surface area contributed by atoms with Crippen LogP contribution in [0.2, 0.25) is 0 Å². The molecule has 1 rings (SSSR count). The van der Waals surface area contributed by atoms with Crippen LogP contribution >= 0.6 is 27.3 Å². The molecule has 0 radical (unpaired) electrons. The molecule has 0 saturated carbocycles. The fourth-order valence-electron chi connectivity index (χ4n) is 0.510. The Labute approximate surface area is 104 Å². The van der Waals surface area contributed by atoms with Crippen LogP contribution in [0.15, 0.2) is 3.79 Å². The average Bonchev–Trinajstić information content (AvgIpc) is 2.66. The molecule has 0 aliphatic heterocycles. The van der Waals surface area contributed by atoms with Crippen LogP contribution in [0.4, 0.5) is 5.13 Å². The lowest BCUT2D eigenvalue weighted by Gasteiger charge is -2.16. The molecule has 0 saturated heterocycles. The van der Waals surface area contributed by atoms with E-state index < -0.39 is 44.4 Å². The molecule has 0 aromatic carbocycles. The van der Waals surface area contributed by atoms with Crippen molar-refractivity contribution in [1.29, 1.82) is 0 Å². The average molecular weight is 262 g/mol. The van der Waals surface area contributed by atoms with E-state index in [1.807, 2.05) is 0 Å². The smallest absolute Gasteiger partial charge is 0.186 e. The number of halogens is 1. The van der Waals surface area contributed by atoms with Crippen molar-refractivity contribution in [2.24, 2.45) is 0 Å². The van der Waals surface area contributed by atoms with Crippen molar-refractivity contribution in [3.05, 3.63) is 9.48 Å². The molecule has 0 amide bonds. The molecular formula is C8H13BrN2S. The second kappa shape index (κ2) is 4.23. The molecule has 2 nitrogen and oxygen atoms in total. The van der Waals surface area contributed by atoms with Gasteiger partial charge in [0.1, 0.15) is 0 Å². The lowest BCUT2D eigenvalue weighted by atomic mass is 10.5. The standard InChI is InChI=1S/C8H13BrN2S/c1-4-11(5-2)8-10-6(3)7(9)12-8/h4-5H2,1-3H3/i1D3,2D3,3D3,4D2,5D2. The molecule has 0 spiro atoms. The number of thiazole rings is 1. The zero-order chi connectivity index (χ0) is 20.2. The third kappa shape index (κ3) is 1.98. The van der Waals surface area contributed by atoms with Gasteiger partial charge in [-0.05, 0) is 36.5 Å². The molecule has 1 aromatic rings. The van der Waals surface area contributed by atoms with E-state index in [0.717, 1.165) is 0 Å². The highest BCUT2D eigenvalue weighted by atomic mass is 79.9. The van der Waals surface area contributed by atoms with E-state index in [2.05, 4.69) is 20.9 Å². The predicted octanol–water partition coefficient (Wildman–Crippen LogP) is 3.06. The van der Waals surface area contributed by atoms with Gasteiger partial charge in [-0.25, -0.2) is 4.98 Å². The number of aromatic nitrogens is 1. The molecule has 0 unspecified atom stereocenters. The SMILES string of the molecule is [2H]C([2H])([2H])c1nc(N(C([2H])([2H])C([2H])([2H])[2H])C([2H])([2H])C([2H])([2H])[2H])sc1Br. The van der Waals surface area contributed by atoms with Crippen molar-refractivity contribution in [1.82, 2.24) is 4.98 Å². The van der Waals surface area contributed by atoms with E-state index in [-0.39, 0.29) is 8.69 Å². The number of hydrogen-bond donors (Lipinski definition) is 0. The number of hydrogen-bond acceptors (Lipinski definition) is 3. The first-order chi connectivity index (χ1) is 10.7. The molecule has 12 heavy (non-hydrogen) atoms. The van der Waals surface area contributed by atoms with Gasteiger partial charge in [0.05, 0.1) is 9.48 Å². The van der Waals surface area contributed by atoms with Crippen LogP contribution in [-0.4, -0.2) is 18.0 Å². The first-order valence-electron chi connectivity index (χ1n) is 9.22. The largest absolute Gasteiger partial charge is 0.349 e. The Morgan fingerprint density at radius 3 is 2.92 bits per heavy atom. The summed E-state index contributed by atoms with van der Waals surface area (Å²) in [6, 6.07) is 0. The predicted molar refractivity (Wildman–Crippen MR) is 58.1 cm³/mol. The van der Waals surface area contributed by atoms with E-state index in [1.54, 1.807) is 0 Å². The first kappa shape index (κ1) is 2.28. The van der Waals surface area contributed by atoms with Gasteiger partial charge in [0, 0.05) is 30.8 Å². The summed E-state index contributed by atoms with van der Waals surface area (Å²) in [6.45, 7) is -16.6. The van der Waals surface area contributed by atoms with Gasteiger partial charge in [-0.3, -0.25) is 0 Å². The van der Waals surface area contributed by atoms with Gasteiger partial charge >= 0.3 is 0 Å². The van der Waals surface area contributed by atoms with Crippen molar-refractivity contribution >= 4 is 32.4 Å². The van der Waals surface area contributed by atoms with Crippen LogP contribution in [-0.2, 0) is 0 Å². The summed E-state index contributed by atoms with van der Waals surface area (Å²) in [5.74, 6) is 0. The minimum atomic E-state index is -3.48. The minimum Gasteiger partial charge on any atom is -0.349 e. The Balaban J connectivity index is 3.72. The number of nitrogens with zero attached hydrogens (tertiary/aromatic N) is 2. The maximum atomic E-state index is 7.79. The lowest BCUT2D eigenvalue weighted by Crippen LogP contribution is -2.21. The van der Waals surface area contributed by atoms with Crippen LogP contribution in [0, 0.1) is 6.85 Å². The van der Waals surface area contributed by atoms with E-state index >= 15 is 0 Å². The number of aryl methyl sites for hydroxylation is 1. The highest BCUT2D eigenvalue weighted by Gasteiger charge is 2.08. The van der Waals surface area contributed by atoms with Crippen molar-refractivity contribution in [3.8, 4) is 0 Å². The summed E-state index contributed by atoms with van der Waals surface area (Å²) in [5.41, 5.74) is -0.555. The Hall–Kier alpha value is -0.0900. The monoisotopic (exact) mass is 261 g/mol. The topological polar surface area (TPSA) is 16.1 Å². The number of rotatable bonds is 3. The van der Waals surface area contributed by atoms with Gasteiger partial charge in [-0.15, -0.1) is 0 Å². The van der Waals surface area contributed by atoms with Crippen molar-refractivity contribution in [2.75, 3.05) is 17.9 Å². The van der Waals surface area contributed by atoms with Crippen LogP contribution in [0.1, 0.15) is 37.2 Å². The Morgan fingerprint density at radius 1 is 1.67 bits per heavy atom. The van der Waals surface area contributed by atoms with Gasteiger partial charge in [0.15, 0.2) is 5.13 Å². The van der Waals surface area contributed by atoms with Crippen LogP contribution in [0.25, 0.3) is 0 Å². The van der Waals surface area contributed by atoms with Gasteiger partial charge in [0.2, 0.25) is 0 Å². The zero-order valence-electron chi connectivity index (χ0n) is 18.7. The molecule has 0 bridgehead atoms. The van der Waals surface area contributed by atoms with Crippen LogP contribution < -0.4 is 4.90 Å². The Bertz CT molecular complexity index is 601. The van der Waals surface area contributed by atoms with E-state index in [9.17, 15) is 0 Å². The number of anilines is 1. The van der Waals surface area contributed by atoms with Crippen LogP contribution in [0.3, 0.4) is 0 Å². The summed E-state index contributed by atoms with van der Waals surface area (Å²) in [4.78, 5) is 3.46. The third-order valence-corrected chi connectivity index (χ3v) is 2.68. The van der Waals surface area contributed by atoms with E-state index in [4.69, 9.17) is 17.8 Å². The summed E-state index contributed by atoms with van der Waals surface area (Å²) < 4.78 is 96.9. The minimum absolute atomic E-state index is 0.116. The third-order valence-electron chi connectivity index (χ3n) is 0.989. The fourth-order valence-corrected chi connectivity index (χ4v) is 1.66. The molecule has 4 heteroatoms. The first-order valence-corrected chi connectivity index (χ1v) is 4.32. The summed E-state index contributed by atoms with van der Waals surface area (Å²) in [5, 5.41) is -0.722. The molecule has 0 fully saturated rings. The van der Waals surface area contributed by atoms with E-state index in [1.165, 1.54) is 0 Å². The normalized spacial score (nSPS) is 31.9. The molecule has 1 heterocycles. The maximum Gasteiger partial charge on any atom is 0.186 e. The fraction of sp³-hybridized carbons (Fsp3) is 0.625. The zero-order valence-corrected chi connectivity index (χ0v) is 8.08. The van der Waals surface area contributed by atoms with Gasteiger partial charge in [0.25, 0.3) is 0 Å². The molecule has 1 aromatic heterocycles. The summed E-state index contributed by atoms with van der Waals surface area (Å²) in [6.07, 6.45) is 0. The van der Waals surface area contributed by atoms with Gasteiger partial charge in [-0.1, -0.05) is 11.3 Å².